The average Bonchev–Trinajstić information content (AvgIpc) is 2.94. The third-order valence-electron chi connectivity index (χ3n) is 3.73. The van der Waals surface area contributed by atoms with Crippen molar-refractivity contribution in [1.82, 2.24) is 15.1 Å². The van der Waals surface area contributed by atoms with Crippen LogP contribution in [0.3, 0.4) is 0 Å². The molecule has 0 unspecified atom stereocenters. The van der Waals surface area contributed by atoms with Crippen molar-refractivity contribution in [3.63, 3.8) is 0 Å². The van der Waals surface area contributed by atoms with E-state index in [0.717, 1.165) is 16.9 Å². The standard InChI is InChI=1S/C19H19N3O/c1-3-20-19(23)17-14(2)22(16-12-8-5-9-13-16)21-18(17)15-10-6-4-7-11-15/h4-13H,3H2,1-2H3,(H,20,23). The Morgan fingerprint density at radius 3 is 2.26 bits per heavy atom. The molecule has 0 aliphatic heterocycles. The van der Waals surface area contributed by atoms with E-state index in [1.807, 2.05) is 79.2 Å². The first-order valence-corrected chi connectivity index (χ1v) is 7.71. The fourth-order valence-electron chi connectivity index (χ4n) is 2.64. The Morgan fingerprint density at radius 2 is 1.65 bits per heavy atom. The highest BCUT2D eigenvalue weighted by molar-refractivity contribution is 6.01. The third-order valence-corrected chi connectivity index (χ3v) is 3.73. The van der Waals surface area contributed by atoms with Crippen LogP contribution < -0.4 is 5.32 Å². The van der Waals surface area contributed by atoms with Gasteiger partial charge in [0.2, 0.25) is 0 Å². The Kier molecular flexibility index (Phi) is 4.24. The number of benzene rings is 2. The van der Waals surface area contributed by atoms with E-state index in [4.69, 9.17) is 5.10 Å². The van der Waals surface area contributed by atoms with Crippen LogP contribution in [0.25, 0.3) is 16.9 Å². The molecule has 0 saturated carbocycles. The number of carbonyl (C=O) groups is 1. The first kappa shape index (κ1) is 15.0. The molecule has 116 valence electrons. The van der Waals surface area contributed by atoms with Crippen molar-refractivity contribution in [3.05, 3.63) is 71.9 Å². The van der Waals surface area contributed by atoms with Crippen molar-refractivity contribution in [2.45, 2.75) is 13.8 Å². The summed E-state index contributed by atoms with van der Waals surface area (Å²) in [6, 6.07) is 19.7. The second kappa shape index (κ2) is 6.48. The SMILES string of the molecule is CCNC(=O)c1c(-c2ccccc2)nn(-c2ccccc2)c1C. The van der Waals surface area contributed by atoms with Crippen molar-refractivity contribution < 1.29 is 4.79 Å². The molecule has 3 rings (SSSR count). The molecule has 0 atom stereocenters. The molecular weight excluding hydrogens is 286 g/mol. The minimum atomic E-state index is -0.0916. The molecule has 0 saturated heterocycles. The smallest absolute Gasteiger partial charge is 0.255 e. The number of rotatable bonds is 4. The normalized spacial score (nSPS) is 10.5. The Morgan fingerprint density at radius 1 is 1.04 bits per heavy atom. The average molecular weight is 305 g/mol. The minimum absolute atomic E-state index is 0.0916. The van der Waals surface area contributed by atoms with E-state index in [2.05, 4.69) is 5.32 Å². The van der Waals surface area contributed by atoms with E-state index in [0.29, 0.717) is 17.8 Å². The van der Waals surface area contributed by atoms with Gasteiger partial charge in [0.05, 0.1) is 16.9 Å². The maximum atomic E-state index is 12.5. The van der Waals surface area contributed by atoms with E-state index in [1.165, 1.54) is 0 Å². The van der Waals surface area contributed by atoms with Gasteiger partial charge >= 0.3 is 0 Å². The summed E-state index contributed by atoms with van der Waals surface area (Å²) in [7, 11) is 0. The zero-order chi connectivity index (χ0) is 16.2. The highest BCUT2D eigenvalue weighted by atomic mass is 16.1. The van der Waals surface area contributed by atoms with Crippen molar-refractivity contribution in [1.29, 1.82) is 0 Å². The van der Waals surface area contributed by atoms with Crippen LogP contribution in [0.2, 0.25) is 0 Å². The van der Waals surface area contributed by atoms with Gasteiger partial charge in [-0.15, -0.1) is 0 Å². The van der Waals surface area contributed by atoms with Crippen LogP contribution in [0.5, 0.6) is 0 Å². The highest BCUT2D eigenvalue weighted by Gasteiger charge is 2.22. The molecule has 4 heteroatoms. The molecule has 3 aromatic rings. The lowest BCUT2D eigenvalue weighted by Gasteiger charge is -2.05. The molecule has 1 aromatic heterocycles. The van der Waals surface area contributed by atoms with Gasteiger partial charge in [0.1, 0.15) is 5.69 Å². The zero-order valence-corrected chi connectivity index (χ0v) is 13.3. The van der Waals surface area contributed by atoms with Crippen LogP contribution in [0.1, 0.15) is 23.0 Å². The summed E-state index contributed by atoms with van der Waals surface area (Å²) >= 11 is 0. The molecule has 0 aliphatic carbocycles. The number of hydrogen-bond acceptors (Lipinski definition) is 2. The molecule has 1 N–H and O–H groups in total. The number of hydrogen-bond donors (Lipinski definition) is 1. The maximum Gasteiger partial charge on any atom is 0.255 e. The largest absolute Gasteiger partial charge is 0.352 e. The van der Waals surface area contributed by atoms with Gasteiger partial charge in [-0.1, -0.05) is 48.5 Å². The molecule has 1 amide bonds. The van der Waals surface area contributed by atoms with Gasteiger partial charge in [-0.05, 0) is 26.0 Å². The van der Waals surface area contributed by atoms with Crippen molar-refractivity contribution in [2.24, 2.45) is 0 Å². The van der Waals surface area contributed by atoms with E-state index < -0.39 is 0 Å². The predicted molar refractivity (Wildman–Crippen MR) is 91.7 cm³/mol. The van der Waals surface area contributed by atoms with Crippen LogP contribution >= 0.6 is 0 Å². The van der Waals surface area contributed by atoms with Crippen LogP contribution in [0.4, 0.5) is 0 Å². The molecule has 0 aliphatic rings. The van der Waals surface area contributed by atoms with Gasteiger partial charge in [0, 0.05) is 12.1 Å². The summed E-state index contributed by atoms with van der Waals surface area (Å²) in [6.45, 7) is 4.43. The Balaban J connectivity index is 2.20. The van der Waals surface area contributed by atoms with E-state index in [-0.39, 0.29) is 5.91 Å². The lowest BCUT2D eigenvalue weighted by atomic mass is 10.1. The summed E-state index contributed by atoms with van der Waals surface area (Å²) in [5.74, 6) is -0.0916. The molecule has 0 radical (unpaired) electrons. The second-order valence-electron chi connectivity index (χ2n) is 5.28. The lowest BCUT2D eigenvalue weighted by Crippen LogP contribution is -2.23. The fraction of sp³-hybridized carbons (Fsp3) is 0.158. The monoisotopic (exact) mass is 305 g/mol. The third kappa shape index (κ3) is 2.88. The minimum Gasteiger partial charge on any atom is -0.352 e. The molecule has 0 fully saturated rings. The van der Waals surface area contributed by atoms with Crippen LogP contribution in [-0.2, 0) is 0 Å². The van der Waals surface area contributed by atoms with Gasteiger partial charge in [-0.25, -0.2) is 4.68 Å². The van der Waals surface area contributed by atoms with E-state index >= 15 is 0 Å². The molecule has 2 aromatic carbocycles. The van der Waals surface area contributed by atoms with Crippen LogP contribution in [0, 0.1) is 6.92 Å². The van der Waals surface area contributed by atoms with Crippen LogP contribution in [-0.4, -0.2) is 22.2 Å². The fourth-order valence-corrected chi connectivity index (χ4v) is 2.64. The Bertz CT molecular complexity index is 807. The number of nitrogens with one attached hydrogen (secondary N) is 1. The molecular formula is C19H19N3O. The van der Waals surface area contributed by atoms with Gasteiger partial charge in [-0.2, -0.15) is 5.10 Å². The lowest BCUT2D eigenvalue weighted by molar-refractivity contribution is 0.0956. The predicted octanol–water partition coefficient (Wildman–Crippen LogP) is 3.60. The highest BCUT2D eigenvalue weighted by Crippen LogP contribution is 2.27. The second-order valence-corrected chi connectivity index (χ2v) is 5.28. The van der Waals surface area contributed by atoms with Crippen molar-refractivity contribution >= 4 is 5.91 Å². The van der Waals surface area contributed by atoms with Crippen LogP contribution in [0.15, 0.2) is 60.7 Å². The van der Waals surface area contributed by atoms with Gasteiger partial charge in [0.15, 0.2) is 0 Å². The first-order valence-electron chi connectivity index (χ1n) is 7.71. The summed E-state index contributed by atoms with van der Waals surface area (Å²) in [5.41, 5.74) is 4.05. The van der Waals surface area contributed by atoms with E-state index in [9.17, 15) is 4.79 Å². The number of nitrogens with zero attached hydrogens (tertiary/aromatic N) is 2. The molecule has 1 heterocycles. The summed E-state index contributed by atoms with van der Waals surface area (Å²) in [5, 5.41) is 7.59. The topological polar surface area (TPSA) is 46.9 Å². The summed E-state index contributed by atoms with van der Waals surface area (Å²) < 4.78 is 1.83. The molecule has 0 spiro atoms. The zero-order valence-electron chi connectivity index (χ0n) is 13.3. The van der Waals surface area contributed by atoms with Crippen molar-refractivity contribution in [2.75, 3.05) is 6.54 Å². The summed E-state index contributed by atoms with van der Waals surface area (Å²) in [6.07, 6.45) is 0. The maximum absolute atomic E-state index is 12.5. The number of carbonyl (C=O) groups excluding carboxylic acids is 1. The number of amides is 1. The first-order chi connectivity index (χ1) is 11.2. The van der Waals surface area contributed by atoms with Gasteiger partial charge in [-0.3, -0.25) is 4.79 Å². The quantitative estimate of drug-likeness (QED) is 0.800. The van der Waals surface area contributed by atoms with Gasteiger partial charge < -0.3 is 5.32 Å². The molecule has 23 heavy (non-hydrogen) atoms. The summed E-state index contributed by atoms with van der Waals surface area (Å²) in [4.78, 5) is 12.5. The molecule has 0 bridgehead atoms. The van der Waals surface area contributed by atoms with E-state index in [1.54, 1.807) is 0 Å². The van der Waals surface area contributed by atoms with Gasteiger partial charge in [0.25, 0.3) is 5.91 Å². The number of aromatic nitrogens is 2. The number of para-hydroxylation sites is 1. The Hall–Kier alpha value is -2.88. The molecule has 4 nitrogen and oxygen atoms in total. The van der Waals surface area contributed by atoms with Crippen molar-refractivity contribution in [3.8, 4) is 16.9 Å². The Labute approximate surface area is 135 Å².